The molecule has 3 nitrogen and oxygen atoms in total. The Bertz CT molecular complexity index is 952. The van der Waals surface area contributed by atoms with Crippen LogP contribution in [0.1, 0.15) is 0 Å². The molecule has 0 amide bonds. The van der Waals surface area contributed by atoms with Gasteiger partial charge >= 0.3 is 0 Å². The topological polar surface area (TPSA) is 35.0 Å². The van der Waals surface area contributed by atoms with Crippen LogP contribution in [-0.4, -0.2) is 9.97 Å². The maximum absolute atomic E-state index is 6.02. The van der Waals surface area contributed by atoms with Crippen molar-refractivity contribution in [2.24, 2.45) is 0 Å². The molecule has 4 aromatic rings. The Kier molecular flexibility index (Phi) is 3.97. The molecule has 0 radical (unpaired) electrons. The first-order chi connectivity index (χ1) is 11.3. The molecule has 0 unspecified atom stereocenters. The van der Waals surface area contributed by atoms with Gasteiger partial charge in [-0.15, -0.1) is 11.3 Å². The van der Waals surface area contributed by atoms with Crippen LogP contribution in [0.25, 0.3) is 21.6 Å². The average Bonchev–Trinajstić information content (AvgIpc) is 3.06. The van der Waals surface area contributed by atoms with Crippen molar-refractivity contribution in [3.63, 3.8) is 0 Å². The van der Waals surface area contributed by atoms with Crippen LogP contribution in [0, 0.1) is 3.57 Å². The summed E-state index contributed by atoms with van der Waals surface area (Å²) in [6.07, 6.45) is 0. The Morgan fingerprint density at radius 2 is 1.65 bits per heavy atom. The van der Waals surface area contributed by atoms with E-state index in [0.29, 0.717) is 11.7 Å². The Hall–Kier alpha value is -1.99. The number of fused-ring (bicyclic) bond motifs is 1. The van der Waals surface area contributed by atoms with Gasteiger partial charge in [-0.2, -0.15) is 4.98 Å². The highest BCUT2D eigenvalue weighted by atomic mass is 127. The molecule has 0 bridgehead atoms. The number of thiophene rings is 1. The molecule has 4 rings (SSSR count). The van der Waals surface area contributed by atoms with Crippen LogP contribution in [0.4, 0.5) is 0 Å². The van der Waals surface area contributed by atoms with Crippen LogP contribution in [0.15, 0.2) is 66.0 Å². The number of rotatable bonds is 3. The number of hydrogen-bond donors (Lipinski definition) is 0. The van der Waals surface area contributed by atoms with Crippen molar-refractivity contribution in [1.29, 1.82) is 0 Å². The fourth-order valence-corrected chi connectivity index (χ4v) is 3.35. The van der Waals surface area contributed by atoms with E-state index in [9.17, 15) is 0 Å². The smallest absolute Gasteiger partial charge is 0.240 e. The minimum absolute atomic E-state index is 0.602. The van der Waals surface area contributed by atoms with E-state index in [1.165, 1.54) is 3.57 Å². The lowest BCUT2D eigenvalue weighted by atomic mass is 10.2. The summed E-state index contributed by atoms with van der Waals surface area (Å²) in [5, 5.41) is 2.01. The molecule has 0 aliphatic carbocycles. The van der Waals surface area contributed by atoms with Gasteiger partial charge in [0.1, 0.15) is 10.4 Å². The summed E-state index contributed by atoms with van der Waals surface area (Å²) in [5.74, 6) is 2.06. The maximum atomic E-state index is 6.02. The molecule has 23 heavy (non-hydrogen) atoms. The van der Waals surface area contributed by atoms with E-state index in [4.69, 9.17) is 4.74 Å². The van der Waals surface area contributed by atoms with Crippen LogP contribution in [0.5, 0.6) is 11.6 Å². The number of ether oxygens (including phenoxy) is 1. The van der Waals surface area contributed by atoms with Crippen LogP contribution in [0.3, 0.4) is 0 Å². The zero-order valence-corrected chi connectivity index (χ0v) is 14.9. The summed E-state index contributed by atoms with van der Waals surface area (Å²) in [6, 6.07) is 19.9. The van der Waals surface area contributed by atoms with Gasteiger partial charge < -0.3 is 4.74 Å². The standard InChI is InChI=1S/C18H11IN2OS/c19-13-6-8-14(9-7-13)22-18-16-15(10-11-23-16)20-17(21-18)12-4-2-1-3-5-12/h1-11H. The Labute approximate surface area is 151 Å². The highest BCUT2D eigenvalue weighted by molar-refractivity contribution is 14.1. The van der Waals surface area contributed by atoms with Gasteiger partial charge in [0.05, 0.1) is 5.52 Å². The van der Waals surface area contributed by atoms with Crippen molar-refractivity contribution >= 4 is 44.1 Å². The van der Waals surface area contributed by atoms with E-state index in [1.54, 1.807) is 11.3 Å². The monoisotopic (exact) mass is 430 g/mol. The first-order valence-corrected chi connectivity index (χ1v) is 8.99. The molecule has 2 aromatic heterocycles. The zero-order valence-electron chi connectivity index (χ0n) is 11.9. The first kappa shape index (κ1) is 14.6. The summed E-state index contributed by atoms with van der Waals surface area (Å²) in [5.41, 5.74) is 1.89. The minimum atomic E-state index is 0.602. The van der Waals surface area contributed by atoms with E-state index in [2.05, 4.69) is 32.6 Å². The lowest BCUT2D eigenvalue weighted by Crippen LogP contribution is -1.94. The maximum Gasteiger partial charge on any atom is 0.240 e. The second-order valence-corrected chi connectivity index (χ2v) is 7.07. The van der Waals surface area contributed by atoms with Crippen LogP contribution < -0.4 is 4.74 Å². The second-order valence-electron chi connectivity index (χ2n) is 4.91. The molecule has 0 N–H and O–H groups in total. The van der Waals surface area contributed by atoms with Crippen LogP contribution in [0.2, 0.25) is 0 Å². The van der Waals surface area contributed by atoms with Gasteiger partial charge in [0.15, 0.2) is 5.82 Å². The largest absolute Gasteiger partial charge is 0.437 e. The number of aromatic nitrogens is 2. The van der Waals surface area contributed by atoms with Crippen LogP contribution in [-0.2, 0) is 0 Å². The second kappa shape index (κ2) is 6.25. The molecule has 112 valence electrons. The highest BCUT2D eigenvalue weighted by Crippen LogP contribution is 2.33. The Morgan fingerprint density at radius 3 is 2.43 bits per heavy atom. The molecule has 2 heterocycles. The molecule has 0 spiro atoms. The molecule has 0 aliphatic heterocycles. The summed E-state index contributed by atoms with van der Waals surface area (Å²) in [4.78, 5) is 9.28. The van der Waals surface area contributed by atoms with Crippen molar-refractivity contribution in [2.45, 2.75) is 0 Å². The summed E-state index contributed by atoms with van der Waals surface area (Å²) >= 11 is 3.86. The lowest BCUT2D eigenvalue weighted by Gasteiger charge is -2.08. The third-order valence-electron chi connectivity index (χ3n) is 3.33. The fourth-order valence-electron chi connectivity index (χ4n) is 2.24. The molecule has 0 saturated carbocycles. The van der Waals surface area contributed by atoms with Crippen LogP contribution >= 0.6 is 33.9 Å². The van der Waals surface area contributed by atoms with Gasteiger partial charge in [0.2, 0.25) is 5.88 Å². The Morgan fingerprint density at radius 1 is 0.870 bits per heavy atom. The van der Waals surface area contributed by atoms with E-state index in [1.807, 2.05) is 66.0 Å². The van der Waals surface area contributed by atoms with Gasteiger partial charge in [-0.1, -0.05) is 30.3 Å². The molecule has 2 aromatic carbocycles. The quantitative estimate of drug-likeness (QED) is 0.388. The van der Waals surface area contributed by atoms with Crippen molar-refractivity contribution in [1.82, 2.24) is 9.97 Å². The zero-order chi connectivity index (χ0) is 15.6. The predicted molar refractivity (Wildman–Crippen MR) is 102 cm³/mol. The summed E-state index contributed by atoms with van der Waals surface area (Å²) < 4.78 is 8.15. The lowest BCUT2D eigenvalue weighted by molar-refractivity contribution is 0.469. The normalized spacial score (nSPS) is 10.8. The van der Waals surface area contributed by atoms with E-state index in [0.717, 1.165) is 21.5 Å². The van der Waals surface area contributed by atoms with E-state index >= 15 is 0 Å². The van der Waals surface area contributed by atoms with Gasteiger partial charge in [-0.3, -0.25) is 0 Å². The Balaban J connectivity index is 1.81. The van der Waals surface area contributed by atoms with Gasteiger partial charge in [0.25, 0.3) is 0 Å². The van der Waals surface area contributed by atoms with Crippen molar-refractivity contribution in [3.05, 3.63) is 69.6 Å². The van der Waals surface area contributed by atoms with Gasteiger partial charge in [-0.05, 0) is 58.3 Å². The molecular weight excluding hydrogens is 419 g/mol. The SMILES string of the molecule is Ic1ccc(Oc2nc(-c3ccccc3)nc3ccsc23)cc1. The van der Waals surface area contributed by atoms with Crippen molar-refractivity contribution in [2.75, 3.05) is 0 Å². The third kappa shape index (κ3) is 3.07. The summed E-state index contributed by atoms with van der Waals surface area (Å²) in [7, 11) is 0. The number of hydrogen-bond acceptors (Lipinski definition) is 4. The first-order valence-electron chi connectivity index (χ1n) is 7.04. The van der Waals surface area contributed by atoms with Crippen molar-refractivity contribution in [3.8, 4) is 23.0 Å². The molecule has 0 fully saturated rings. The number of nitrogens with zero attached hydrogens (tertiary/aromatic N) is 2. The molecule has 0 atom stereocenters. The molecule has 0 saturated heterocycles. The van der Waals surface area contributed by atoms with Crippen molar-refractivity contribution < 1.29 is 4.74 Å². The number of benzene rings is 2. The van der Waals surface area contributed by atoms with E-state index < -0.39 is 0 Å². The molecular formula is C18H11IN2OS. The predicted octanol–water partition coefficient (Wildman–Crippen LogP) is 5.76. The highest BCUT2D eigenvalue weighted by Gasteiger charge is 2.12. The van der Waals surface area contributed by atoms with Gasteiger partial charge in [-0.25, -0.2) is 4.98 Å². The number of halogens is 1. The molecule has 0 aliphatic rings. The molecule has 5 heteroatoms. The van der Waals surface area contributed by atoms with Gasteiger partial charge in [0, 0.05) is 9.13 Å². The summed E-state index contributed by atoms with van der Waals surface area (Å²) in [6.45, 7) is 0. The average molecular weight is 430 g/mol. The minimum Gasteiger partial charge on any atom is -0.437 e. The van der Waals surface area contributed by atoms with E-state index in [-0.39, 0.29) is 0 Å². The fraction of sp³-hybridized carbons (Fsp3) is 0. The third-order valence-corrected chi connectivity index (χ3v) is 4.94.